The first-order valence-corrected chi connectivity index (χ1v) is 12.7. The second-order valence-corrected chi connectivity index (χ2v) is 11.1. The molecule has 0 bridgehead atoms. The molecule has 0 N–H and O–H groups in total. The molecule has 0 aromatic heterocycles. The number of hydrogen-bond donors (Lipinski definition) is 0. The van der Waals surface area contributed by atoms with Gasteiger partial charge in [-0.25, -0.2) is 0 Å². The fourth-order valence-corrected chi connectivity index (χ4v) is 4.37. The molecule has 0 aliphatic rings. The van der Waals surface area contributed by atoms with Crippen molar-refractivity contribution in [2.75, 3.05) is 26.7 Å². The second-order valence-electron chi connectivity index (χ2n) is 6.47. The average Bonchev–Trinajstić information content (AvgIpc) is 3.19. The van der Waals surface area contributed by atoms with Crippen LogP contribution in [0, 0.1) is 0 Å². The monoisotopic (exact) mass is 440 g/mol. The Morgan fingerprint density at radius 2 is 0.960 bits per heavy atom. The number of fused-ring (bicyclic) bond motifs is 2. The molecule has 0 aliphatic carbocycles. The van der Waals surface area contributed by atoms with Crippen LogP contribution in [0.1, 0.15) is 0 Å². The van der Waals surface area contributed by atoms with Gasteiger partial charge < -0.3 is 0 Å². The summed E-state index contributed by atoms with van der Waals surface area (Å²) in [6.07, 6.45) is 0. The van der Waals surface area contributed by atoms with Crippen molar-refractivity contribution in [3.63, 3.8) is 0 Å². The number of hydrogen-bond acceptors (Lipinski definition) is 0. The molecule has 126 valence electrons. The Labute approximate surface area is 173 Å². The smallest absolute Gasteiger partial charge is 0.161 e. The van der Waals surface area contributed by atoms with E-state index in [1.54, 1.807) is 0 Å². The fraction of sp³-hybridized carbons (Fsp3) is 0.182. The van der Waals surface area contributed by atoms with E-state index in [-0.39, 0.29) is 42.0 Å². The first-order chi connectivity index (χ1) is 11.5. The van der Waals surface area contributed by atoms with Gasteiger partial charge in [-0.2, -0.15) is 12.1 Å². The standard InChI is InChI=1S/2C11H12P.Zr/c2*1-12(2)11-7-9-5-3-4-6-10(9)8-11;/h2*3-8H,1-2H3;/q2*-1;+2. The molecule has 0 unspecified atom stereocenters. The molecule has 4 rings (SSSR count). The molecule has 0 atom stereocenters. The first kappa shape index (κ1) is 20.7. The van der Waals surface area contributed by atoms with Crippen molar-refractivity contribution in [3.8, 4) is 0 Å². The van der Waals surface area contributed by atoms with Crippen molar-refractivity contribution in [2.45, 2.75) is 0 Å². The second kappa shape index (κ2) is 9.37. The molecule has 0 saturated heterocycles. The Morgan fingerprint density at radius 3 is 1.28 bits per heavy atom. The zero-order valence-electron chi connectivity index (χ0n) is 15.3. The third-order valence-electron chi connectivity index (χ3n) is 4.24. The molecule has 3 heteroatoms. The molecular formula is C22H24P2Zr. The van der Waals surface area contributed by atoms with Crippen LogP contribution in [0.15, 0.2) is 72.8 Å². The van der Waals surface area contributed by atoms with Gasteiger partial charge in [0, 0.05) is 0 Å². The topological polar surface area (TPSA) is 0 Å². The van der Waals surface area contributed by atoms with Crippen molar-refractivity contribution in [2.24, 2.45) is 0 Å². The normalized spacial score (nSPS) is 10.8. The van der Waals surface area contributed by atoms with Crippen LogP contribution in [-0.4, -0.2) is 26.7 Å². The van der Waals surface area contributed by atoms with Crippen LogP contribution < -0.4 is 10.6 Å². The van der Waals surface area contributed by atoms with Crippen molar-refractivity contribution in [3.05, 3.63) is 72.8 Å². The van der Waals surface area contributed by atoms with Gasteiger partial charge in [0.05, 0.1) is 0 Å². The molecule has 4 aromatic rings. The van der Waals surface area contributed by atoms with Gasteiger partial charge in [0.1, 0.15) is 0 Å². The largest absolute Gasteiger partial charge is 2.00 e. The van der Waals surface area contributed by atoms with Crippen LogP contribution in [0.25, 0.3) is 21.5 Å². The zero-order chi connectivity index (χ0) is 17.1. The summed E-state index contributed by atoms with van der Waals surface area (Å²) in [5.74, 6) is 0. The Kier molecular flexibility index (Phi) is 7.76. The van der Waals surface area contributed by atoms with Gasteiger partial charge in [0.2, 0.25) is 0 Å². The Bertz CT molecular complexity index is 787. The predicted octanol–water partition coefficient (Wildman–Crippen LogP) is 5.85. The van der Waals surface area contributed by atoms with Gasteiger partial charge >= 0.3 is 26.2 Å². The van der Waals surface area contributed by atoms with E-state index < -0.39 is 0 Å². The van der Waals surface area contributed by atoms with E-state index in [0.29, 0.717) is 0 Å². The molecule has 0 spiro atoms. The molecule has 0 heterocycles. The maximum absolute atomic E-state index is 2.31. The van der Waals surface area contributed by atoms with Gasteiger partial charge in [0.15, 0.2) is 0 Å². The van der Waals surface area contributed by atoms with Crippen molar-refractivity contribution >= 4 is 48.0 Å². The SMILES string of the molecule is CP(C)c1cc2ccccc2[cH-]1.CP(C)c1cc2ccccc2[cH-]1.[Zr+2]. The summed E-state index contributed by atoms with van der Waals surface area (Å²) in [5, 5.41) is 8.53. The molecule has 0 fully saturated rings. The summed E-state index contributed by atoms with van der Waals surface area (Å²) < 4.78 is 0. The van der Waals surface area contributed by atoms with Gasteiger partial charge in [-0.1, -0.05) is 12.1 Å². The van der Waals surface area contributed by atoms with Crippen molar-refractivity contribution in [1.29, 1.82) is 0 Å². The van der Waals surface area contributed by atoms with Crippen LogP contribution >= 0.6 is 15.8 Å². The third-order valence-corrected chi connectivity index (χ3v) is 6.82. The molecule has 4 aromatic carbocycles. The van der Waals surface area contributed by atoms with E-state index in [9.17, 15) is 0 Å². The predicted molar refractivity (Wildman–Crippen MR) is 116 cm³/mol. The summed E-state index contributed by atoms with van der Waals surface area (Å²) in [6, 6.07) is 26.3. The van der Waals surface area contributed by atoms with Gasteiger partial charge in [-0.3, -0.25) is 0 Å². The Hall–Kier alpha value is -0.597. The van der Waals surface area contributed by atoms with E-state index in [2.05, 4.69) is 99.5 Å². The van der Waals surface area contributed by atoms with Crippen molar-refractivity contribution < 1.29 is 26.2 Å². The maximum Gasteiger partial charge on any atom is 2.00 e. The quantitative estimate of drug-likeness (QED) is 0.270. The van der Waals surface area contributed by atoms with Crippen LogP contribution in [0.5, 0.6) is 0 Å². The molecular weight excluding hydrogens is 417 g/mol. The van der Waals surface area contributed by atoms with Gasteiger partial charge in [0.25, 0.3) is 0 Å². The Balaban J connectivity index is 0.000000173. The minimum Gasteiger partial charge on any atom is -0.161 e. The number of rotatable bonds is 2. The van der Waals surface area contributed by atoms with Crippen molar-refractivity contribution in [1.82, 2.24) is 0 Å². The molecule has 0 saturated carbocycles. The van der Waals surface area contributed by atoms with Crippen LogP contribution in [0.2, 0.25) is 0 Å². The van der Waals surface area contributed by atoms with Gasteiger partial charge in [-0.05, 0) is 26.7 Å². The zero-order valence-corrected chi connectivity index (χ0v) is 19.6. The molecule has 0 aliphatic heterocycles. The van der Waals surface area contributed by atoms with E-state index in [1.165, 1.54) is 32.2 Å². The minimum atomic E-state index is 0. The summed E-state index contributed by atoms with van der Waals surface area (Å²) in [6.45, 7) is 9.18. The summed E-state index contributed by atoms with van der Waals surface area (Å²) >= 11 is 0. The molecule has 25 heavy (non-hydrogen) atoms. The molecule has 0 amide bonds. The fourth-order valence-electron chi connectivity index (χ4n) is 2.78. The summed E-state index contributed by atoms with van der Waals surface area (Å²) in [7, 11) is 0.115. The van der Waals surface area contributed by atoms with Crippen LogP contribution in [0.4, 0.5) is 0 Å². The maximum atomic E-state index is 2.31. The third kappa shape index (κ3) is 5.20. The van der Waals surface area contributed by atoms with Crippen LogP contribution in [0.3, 0.4) is 0 Å². The number of benzene rings is 2. The van der Waals surface area contributed by atoms with E-state index >= 15 is 0 Å². The van der Waals surface area contributed by atoms with Gasteiger partial charge in [-0.15, -0.1) is 96.5 Å². The minimum absolute atomic E-state index is 0. The van der Waals surface area contributed by atoms with E-state index in [0.717, 1.165) is 0 Å². The van der Waals surface area contributed by atoms with Crippen LogP contribution in [-0.2, 0) is 26.2 Å². The molecule has 0 nitrogen and oxygen atoms in total. The first-order valence-electron chi connectivity index (χ1n) is 8.20. The summed E-state index contributed by atoms with van der Waals surface area (Å²) in [5.41, 5.74) is 0. The average molecular weight is 442 g/mol. The summed E-state index contributed by atoms with van der Waals surface area (Å²) in [4.78, 5) is 0. The van der Waals surface area contributed by atoms with E-state index in [1.807, 2.05) is 0 Å². The van der Waals surface area contributed by atoms with E-state index in [4.69, 9.17) is 0 Å². The Morgan fingerprint density at radius 1 is 0.600 bits per heavy atom. The molecule has 0 radical (unpaired) electrons.